The van der Waals surface area contributed by atoms with Gasteiger partial charge in [-0.3, -0.25) is 0 Å². The topological polar surface area (TPSA) is 82.3 Å². The number of nitrogens with two attached hydrogens (primary N) is 1. The molecule has 2 atom stereocenters. The van der Waals surface area contributed by atoms with Gasteiger partial charge in [0.25, 0.3) is 0 Å². The van der Waals surface area contributed by atoms with Crippen LogP contribution in [0.5, 0.6) is 0 Å². The summed E-state index contributed by atoms with van der Waals surface area (Å²) in [5, 5.41) is 4.68. The fourth-order valence-electron chi connectivity index (χ4n) is 1.06. The molecule has 0 saturated heterocycles. The summed E-state index contributed by atoms with van der Waals surface area (Å²) in [5.41, 5.74) is 0. The third-order valence-corrected chi connectivity index (χ3v) is 4.40. The number of hydrogen-bond donors (Lipinski definition) is 1. The number of aromatic nitrogens is 1. The second kappa shape index (κ2) is 4.75. The highest BCUT2D eigenvalue weighted by molar-refractivity contribution is 7.89. The number of primary sulfonamides is 1. The van der Waals surface area contributed by atoms with Crippen molar-refractivity contribution in [2.45, 2.75) is 18.3 Å². The van der Waals surface area contributed by atoms with Crippen LogP contribution in [-0.4, -0.2) is 25.8 Å². The Morgan fingerprint density at radius 2 is 2.27 bits per heavy atom. The predicted octanol–water partition coefficient (Wildman–Crippen LogP) is 1.16. The summed E-state index contributed by atoms with van der Waals surface area (Å²) in [7, 11) is -2.25. The van der Waals surface area contributed by atoms with Crippen LogP contribution in [0.15, 0.2) is 6.20 Å². The van der Waals surface area contributed by atoms with Crippen molar-refractivity contribution in [3.8, 4) is 0 Å². The van der Waals surface area contributed by atoms with Crippen LogP contribution in [0, 0.1) is 0 Å². The highest BCUT2D eigenvalue weighted by atomic mass is 35.5. The van der Waals surface area contributed by atoms with Crippen molar-refractivity contribution >= 4 is 33.0 Å². The lowest BCUT2D eigenvalue weighted by Crippen LogP contribution is -2.32. The van der Waals surface area contributed by atoms with E-state index in [0.29, 0.717) is 9.34 Å². The molecule has 0 aliphatic carbocycles. The normalized spacial score (nSPS) is 16.3. The number of sulfonamides is 1. The van der Waals surface area contributed by atoms with Gasteiger partial charge in [0.15, 0.2) is 0 Å². The van der Waals surface area contributed by atoms with E-state index in [1.807, 2.05) is 0 Å². The van der Waals surface area contributed by atoms with Gasteiger partial charge in [0.2, 0.25) is 10.0 Å². The van der Waals surface area contributed by atoms with Gasteiger partial charge in [-0.2, -0.15) is 0 Å². The summed E-state index contributed by atoms with van der Waals surface area (Å²) in [6, 6.07) is 0. The molecule has 0 fully saturated rings. The van der Waals surface area contributed by atoms with Gasteiger partial charge in [-0.1, -0.05) is 11.6 Å². The van der Waals surface area contributed by atoms with Gasteiger partial charge in [0.1, 0.15) is 20.7 Å². The molecule has 0 saturated carbocycles. The van der Waals surface area contributed by atoms with Crippen LogP contribution in [0.2, 0.25) is 4.34 Å². The lowest BCUT2D eigenvalue weighted by atomic mass is 10.3. The van der Waals surface area contributed by atoms with Crippen molar-refractivity contribution < 1.29 is 13.2 Å². The molecule has 0 spiro atoms. The van der Waals surface area contributed by atoms with E-state index in [9.17, 15) is 8.42 Å². The van der Waals surface area contributed by atoms with Crippen LogP contribution in [-0.2, 0) is 14.8 Å². The number of methoxy groups -OCH3 is 1. The van der Waals surface area contributed by atoms with E-state index in [0.717, 1.165) is 0 Å². The first kappa shape index (κ1) is 12.9. The zero-order valence-electron chi connectivity index (χ0n) is 8.18. The number of rotatable bonds is 4. The van der Waals surface area contributed by atoms with Crippen LogP contribution < -0.4 is 5.14 Å². The molecule has 0 aromatic carbocycles. The maximum absolute atomic E-state index is 11.2. The third kappa shape index (κ3) is 3.12. The molecule has 2 N–H and O–H groups in total. The van der Waals surface area contributed by atoms with Crippen LogP contribution >= 0.6 is 22.9 Å². The zero-order valence-corrected chi connectivity index (χ0v) is 10.6. The molecule has 5 nitrogen and oxygen atoms in total. The molecule has 1 aromatic rings. The van der Waals surface area contributed by atoms with Crippen LogP contribution in [0.3, 0.4) is 0 Å². The number of halogens is 1. The highest BCUT2D eigenvalue weighted by Gasteiger charge is 2.30. The quantitative estimate of drug-likeness (QED) is 0.890. The standard InChI is InChI=1S/C7H11ClN2O3S2/c1-4(15(9,11)12)6(13-2)7-10-3-5(8)14-7/h3-4,6H,1-2H3,(H2,9,11,12)/t4-,6-/m0/s1. The molecule has 1 rings (SSSR count). The molecule has 0 radical (unpaired) electrons. The van der Waals surface area contributed by atoms with E-state index in [1.165, 1.54) is 31.6 Å². The molecule has 8 heteroatoms. The Labute approximate surface area is 97.3 Å². The monoisotopic (exact) mass is 270 g/mol. The fourth-order valence-corrected chi connectivity index (χ4v) is 2.85. The Hall–Kier alpha value is -0.210. The summed E-state index contributed by atoms with van der Waals surface area (Å²) < 4.78 is 27.9. The fraction of sp³-hybridized carbons (Fsp3) is 0.571. The van der Waals surface area contributed by atoms with Crippen molar-refractivity contribution in [3.63, 3.8) is 0 Å². The molecule has 0 aliphatic rings. The maximum atomic E-state index is 11.2. The number of ether oxygens (including phenoxy) is 1. The molecule has 0 unspecified atom stereocenters. The Balaban J connectivity index is 2.99. The molecule has 15 heavy (non-hydrogen) atoms. The van der Waals surface area contributed by atoms with E-state index >= 15 is 0 Å². The smallest absolute Gasteiger partial charge is 0.214 e. The summed E-state index contributed by atoms with van der Waals surface area (Å²) in [5.74, 6) is 0. The van der Waals surface area contributed by atoms with E-state index in [4.69, 9.17) is 21.5 Å². The molecule has 86 valence electrons. The van der Waals surface area contributed by atoms with Crippen molar-refractivity contribution in [1.29, 1.82) is 0 Å². The Morgan fingerprint density at radius 1 is 1.67 bits per heavy atom. The maximum Gasteiger partial charge on any atom is 0.214 e. The first-order chi connectivity index (χ1) is 6.86. The van der Waals surface area contributed by atoms with E-state index in [-0.39, 0.29) is 0 Å². The van der Waals surface area contributed by atoms with Gasteiger partial charge < -0.3 is 4.74 Å². The number of hydrogen-bond acceptors (Lipinski definition) is 5. The summed E-state index contributed by atoms with van der Waals surface area (Å²) in [6.07, 6.45) is 0.765. The SMILES string of the molecule is CO[C@H](c1ncc(Cl)s1)[C@H](C)S(N)(=O)=O. The van der Waals surface area contributed by atoms with Crippen molar-refractivity contribution in [1.82, 2.24) is 4.98 Å². The average Bonchev–Trinajstić information content (AvgIpc) is 2.51. The minimum atomic E-state index is -3.65. The van der Waals surface area contributed by atoms with E-state index in [1.54, 1.807) is 0 Å². The Kier molecular flexibility index (Phi) is 4.07. The molecule has 0 bridgehead atoms. The largest absolute Gasteiger partial charge is 0.373 e. The zero-order chi connectivity index (χ0) is 11.6. The molecule has 0 aliphatic heterocycles. The Morgan fingerprint density at radius 3 is 2.60 bits per heavy atom. The second-order valence-corrected chi connectivity index (χ2v) is 6.57. The first-order valence-electron chi connectivity index (χ1n) is 4.02. The third-order valence-electron chi connectivity index (χ3n) is 1.94. The van der Waals surface area contributed by atoms with Crippen LogP contribution in [0.4, 0.5) is 0 Å². The van der Waals surface area contributed by atoms with E-state index < -0.39 is 21.4 Å². The minimum Gasteiger partial charge on any atom is -0.373 e. The molecule has 1 aromatic heterocycles. The minimum absolute atomic E-state index is 0.480. The van der Waals surface area contributed by atoms with Crippen molar-refractivity contribution in [2.75, 3.05) is 7.11 Å². The van der Waals surface area contributed by atoms with Gasteiger partial charge in [0, 0.05) is 7.11 Å². The van der Waals surface area contributed by atoms with Crippen molar-refractivity contribution in [3.05, 3.63) is 15.5 Å². The first-order valence-corrected chi connectivity index (χ1v) is 6.82. The predicted molar refractivity (Wildman–Crippen MR) is 59.4 cm³/mol. The van der Waals surface area contributed by atoms with Crippen LogP contribution in [0.25, 0.3) is 0 Å². The van der Waals surface area contributed by atoms with Gasteiger partial charge in [-0.25, -0.2) is 18.5 Å². The average molecular weight is 271 g/mol. The number of thiazole rings is 1. The number of nitrogens with zero attached hydrogens (tertiary/aromatic N) is 1. The van der Waals surface area contributed by atoms with Crippen LogP contribution in [0.1, 0.15) is 18.0 Å². The van der Waals surface area contributed by atoms with Gasteiger partial charge in [-0.05, 0) is 6.92 Å². The molecular formula is C7H11ClN2O3S2. The summed E-state index contributed by atoms with van der Waals surface area (Å²) >= 11 is 6.87. The molecule has 0 amide bonds. The lowest BCUT2D eigenvalue weighted by molar-refractivity contribution is 0.102. The molecule has 1 heterocycles. The van der Waals surface area contributed by atoms with Crippen molar-refractivity contribution in [2.24, 2.45) is 5.14 Å². The van der Waals surface area contributed by atoms with Gasteiger partial charge >= 0.3 is 0 Å². The lowest BCUT2D eigenvalue weighted by Gasteiger charge is -2.18. The summed E-state index contributed by atoms with van der Waals surface area (Å²) in [6.45, 7) is 1.47. The molecular weight excluding hydrogens is 260 g/mol. The van der Waals surface area contributed by atoms with Gasteiger partial charge in [-0.15, -0.1) is 11.3 Å². The Bertz CT molecular complexity index is 431. The second-order valence-electron chi connectivity index (χ2n) is 2.95. The highest BCUT2D eigenvalue weighted by Crippen LogP contribution is 2.29. The van der Waals surface area contributed by atoms with E-state index in [2.05, 4.69) is 4.98 Å². The van der Waals surface area contributed by atoms with Gasteiger partial charge in [0.05, 0.1) is 6.20 Å². The summed E-state index contributed by atoms with van der Waals surface area (Å²) in [4.78, 5) is 3.96.